The van der Waals surface area contributed by atoms with E-state index in [1.54, 1.807) is 30.3 Å². The van der Waals surface area contributed by atoms with Gasteiger partial charge in [-0.1, -0.05) is 17.7 Å². The highest BCUT2D eigenvalue weighted by Gasteiger charge is 2.13. The molecule has 3 rings (SSSR count). The van der Waals surface area contributed by atoms with Gasteiger partial charge in [-0.15, -0.1) is 11.3 Å². The van der Waals surface area contributed by atoms with Crippen LogP contribution in [0.3, 0.4) is 0 Å². The van der Waals surface area contributed by atoms with E-state index in [9.17, 15) is 9.59 Å². The van der Waals surface area contributed by atoms with E-state index in [4.69, 9.17) is 16.9 Å². The monoisotopic (exact) mass is 356 g/mol. The number of anilines is 1. The Hall–Kier alpha value is -2.95. The standard InChI is InChI=1S/C16H9ClN4O2S/c17-14-5-4-13(24-14)11-7-12(21-16(23)20-11)15(22)19-10-3-1-2-9(6-10)8-18/h1-7H,(H,19,22)(H,20,21,23). The molecule has 0 unspecified atom stereocenters. The number of H-pyrrole nitrogens is 1. The second-order valence-corrected chi connectivity index (χ2v) is 6.45. The number of rotatable bonds is 3. The number of nitriles is 1. The molecule has 0 atom stereocenters. The number of nitrogens with one attached hydrogen (secondary N) is 2. The first-order valence-electron chi connectivity index (χ1n) is 6.74. The minimum atomic E-state index is -0.632. The van der Waals surface area contributed by atoms with Gasteiger partial charge in [0.1, 0.15) is 5.69 Å². The van der Waals surface area contributed by atoms with Crippen molar-refractivity contribution in [3.05, 3.63) is 68.5 Å². The Bertz CT molecular complexity index is 1020. The first-order chi connectivity index (χ1) is 11.5. The van der Waals surface area contributed by atoms with Gasteiger partial charge in [0.25, 0.3) is 5.91 Å². The number of carbonyl (C=O) groups is 1. The lowest BCUT2D eigenvalue weighted by Gasteiger charge is -2.05. The number of hydrogen-bond acceptors (Lipinski definition) is 5. The highest BCUT2D eigenvalue weighted by atomic mass is 35.5. The number of benzene rings is 1. The quantitative estimate of drug-likeness (QED) is 0.752. The molecule has 24 heavy (non-hydrogen) atoms. The first kappa shape index (κ1) is 15.9. The summed E-state index contributed by atoms with van der Waals surface area (Å²) in [7, 11) is 0. The smallest absolute Gasteiger partial charge is 0.321 e. The van der Waals surface area contributed by atoms with Crippen molar-refractivity contribution in [3.63, 3.8) is 0 Å². The van der Waals surface area contributed by atoms with Gasteiger partial charge in [-0.05, 0) is 36.4 Å². The van der Waals surface area contributed by atoms with E-state index in [2.05, 4.69) is 15.3 Å². The highest BCUT2D eigenvalue weighted by Crippen LogP contribution is 2.29. The third-order valence-corrected chi connectivity index (χ3v) is 4.33. The lowest BCUT2D eigenvalue weighted by molar-refractivity contribution is 0.102. The van der Waals surface area contributed by atoms with Crippen molar-refractivity contribution in [1.82, 2.24) is 9.97 Å². The highest BCUT2D eigenvalue weighted by molar-refractivity contribution is 7.19. The van der Waals surface area contributed by atoms with Gasteiger partial charge in [0.05, 0.1) is 26.5 Å². The van der Waals surface area contributed by atoms with Crippen LogP contribution in [0.5, 0.6) is 0 Å². The molecule has 0 spiro atoms. The van der Waals surface area contributed by atoms with Crippen LogP contribution < -0.4 is 11.0 Å². The van der Waals surface area contributed by atoms with E-state index >= 15 is 0 Å². The van der Waals surface area contributed by atoms with Gasteiger partial charge in [-0.25, -0.2) is 4.79 Å². The number of carbonyl (C=O) groups excluding carboxylic acids is 1. The zero-order chi connectivity index (χ0) is 17.1. The second kappa shape index (κ2) is 6.66. The molecular weight excluding hydrogens is 348 g/mol. The van der Waals surface area contributed by atoms with Gasteiger partial charge in [-0.3, -0.25) is 4.79 Å². The number of nitrogens with zero attached hydrogens (tertiary/aromatic N) is 2. The summed E-state index contributed by atoms with van der Waals surface area (Å²) in [5.74, 6) is -0.542. The molecule has 118 valence electrons. The van der Waals surface area contributed by atoms with Crippen LogP contribution in [-0.4, -0.2) is 15.9 Å². The van der Waals surface area contributed by atoms with E-state index in [-0.39, 0.29) is 5.69 Å². The normalized spacial score (nSPS) is 10.2. The van der Waals surface area contributed by atoms with E-state index in [0.29, 0.717) is 21.3 Å². The fraction of sp³-hybridized carbons (Fsp3) is 0. The Kier molecular flexibility index (Phi) is 4.42. The molecule has 0 aliphatic rings. The molecule has 0 aliphatic heterocycles. The molecule has 0 saturated heterocycles. The topological polar surface area (TPSA) is 98.6 Å². The fourth-order valence-corrected chi connectivity index (χ4v) is 3.04. The van der Waals surface area contributed by atoms with Crippen molar-refractivity contribution in [2.75, 3.05) is 5.32 Å². The van der Waals surface area contributed by atoms with Gasteiger partial charge < -0.3 is 10.3 Å². The summed E-state index contributed by atoms with van der Waals surface area (Å²) in [6.07, 6.45) is 0. The average molecular weight is 357 g/mol. The Labute approximate surface area is 145 Å². The molecule has 0 fully saturated rings. The summed E-state index contributed by atoms with van der Waals surface area (Å²) < 4.78 is 0.571. The Morgan fingerprint density at radius 2 is 2.12 bits per heavy atom. The number of aromatic amines is 1. The summed E-state index contributed by atoms with van der Waals surface area (Å²) in [5.41, 5.74) is 0.666. The fourth-order valence-electron chi connectivity index (χ4n) is 2.03. The first-order valence-corrected chi connectivity index (χ1v) is 7.93. The summed E-state index contributed by atoms with van der Waals surface area (Å²) in [6.45, 7) is 0. The van der Waals surface area contributed by atoms with Crippen molar-refractivity contribution >= 4 is 34.5 Å². The zero-order valence-electron chi connectivity index (χ0n) is 12.0. The van der Waals surface area contributed by atoms with Crippen LogP contribution in [0.4, 0.5) is 5.69 Å². The van der Waals surface area contributed by atoms with Crippen molar-refractivity contribution in [2.45, 2.75) is 0 Å². The largest absolute Gasteiger partial charge is 0.346 e. The summed E-state index contributed by atoms with van der Waals surface area (Å²) in [4.78, 5) is 31.0. The molecule has 1 aromatic carbocycles. The number of amides is 1. The number of thiophene rings is 1. The Morgan fingerprint density at radius 1 is 1.29 bits per heavy atom. The van der Waals surface area contributed by atoms with Crippen LogP contribution in [0, 0.1) is 11.3 Å². The molecule has 1 amide bonds. The second-order valence-electron chi connectivity index (χ2n) is 4.74. The van der Waals surface area contributed by atoms with E-state index < -0.39 is 11.6 Å². The van der Waals surface area contributed by atoms with Crippen LogP contribution in [-0.2, 0) is 0 Å². The van der Waals surface area contributed by atoms with Crippen molar-refractivity contribution in [1.29, 1.82) is 5.26 Å². The zero-order valence-corrected chi connectivity index (χ0v) is 13.6. The van der Waals surface area contributed by atoms with Gasteiger partial charge in [-0.2, -0.15) is 10.2 Å². The Balaban J connectivity index is 1.91. The van der Waals surface area contributed by atoms with E-state index in [0.717, 1.165) is 4.88 Å². The van der Waals surface area contributed by atoms with Gasteiger partial charge >= 0.3 is 5.69 Å². The van der Waals surface area contributed by atoms with Crippen LogP contribution in [0.25, 0.3) is 10.6 Å². The minimum absolute atomic E-state index is 0.0272. The third-order valence-electron chi connectivity index (χ3n) is 3.07. The SMILES string of the molecule is N#Cc1cccc(NC(=O)c2cc(-c3ccc(Cl)s3)[nH]c(=O)n2)c1. The summed E-state index contributed by atoms with van der Waals surface area (Å²) in [5, 5.41) is 11.5. The lowest BCUT2D eigenvalue weighted by atomic mass is 10.2. The van der Waals surface area contributed by atoms with Crippen LogP contribution in [0.1, 0.15) is 16.1 Å². The predicted octanol–water partition coefficient (Wildman–Crippen LogP) is 3.28. The van der Waals surface area contributed by atoms with Gasteiger partial charge in [0.2, 0.25) is 0 Å². The van der Waals surface area contributed by atoms with Crippen molar-refractivity contribution in [3.8, 4) is 16.6 Å². The van der Waals surface area contributed by atoms with Crippen molar-refractivity contribution < 1.29 is 4.79 Å². The molecule has 0 bridgehead atoms. The van der Waals surface area contributed by atoms with E-state index in [1.807, 2.05) is 6.07 Å². The average Bonchev–Trinajstić information content (AvgIpc) is 3.01. The van der Waals surface area contributed by atoms with Gasteiger partial charge in [0, 0.05) is 5.69 Å². The van der Waals surface area contributed by atoms with Crippen LogP contribution in [0.2, 0.25) is 4.34 Å². The van der Waals surface area contributed by atoms with E-state index in [1.165, 1.54) is 23.5 Å². The van der Waals surface area contributed by atoms with Gasteiger partial charge in [0.15, 0.2) is 0 Å². The summed E-state index contributed by atoms with van der Waals surface area (Å²) in [6, 6.07) is 13.4. The molecule has 6 nitrogen and oxygen atoms in total. The minimum Gasteiger partial charge on any atom is -0.321 e. The molecule has 3 aromatic rings. The molecule has 2 aromatic heterocycles. The maximum atomic E-state index is 12.3. The number of halogens is 1. The molecule has 2 heterocycles. The third kappa shape index (κ3) is 3.51. The maximum absolute atomic E-state index is 12.3. The van der Waals surface area contributed by atoms with Crippen molar-refractivity contribution in [2.24, 2.45) is 0 Å². The maximum Gasteiger partial charge on any atom is 0.346 e. The molecule has 8 heteroatoms. The summed E-state index contributed by atoms with van der Waals surface area (Å²) >= 11 is 7.17. The number of aromatic nitrogens is 2. The lowest BCUT2D eigenvalue weighted by Crippen LogP contribution is -2.21. The van der Waals surface area contributed by atoms with Crippen LogP contribution in [0.15, 0.2) is 47.3 Å². The molecule has 2 N–H and O–H groups in total. The molecule has 0 radical (unpaired) electrons. The van der Waals surface area contributed by atoms with Crippen LogP contribution >= 0.6 is 22.9 Å². The number of hydrogen-bond donors (Lipinski definition) is 2. The molecule has 0 saturated carbocycles. The molecule has 0 aliphatic carbocycles. The predicted molar refractivity (Wildman–Crippen MR) is 92.3 cm³/mol. The molecular formula is C16H9ClN4O2S. The Morgan fingerprint density at radius 3 is 2.83 bits per heavy atom.